The molecule has 0 N–H and O–H groups in total. The fourth-order valence-corrected chi connectivity index (χ4v) is 3.90. The second kappa shape index (κ2) is 11.4. The van der Waals surface area contributed by atoms with Crippen LogP contribution >= 0.6 is 0 Å². The van der Waals surface area contributed by atoms with Gasteiger partial charge in [-0.15, -0.1) is 0 Å². The van der Waals surface area contributed by atoms with Crippen molar-refractivity contribution in [2.45, 2.75) is 38.7 Å². The van der Waals surface area contributed by atoms with E-state index in [-0.39, 0.29) is 34.9 Å². The van der Waals surface area contributed by atoms with Crippen molar-refractivity contribution in [2.24, 2.45) is 0 Å². The van der Waals surface area contributed by atoms with Crippen LogP contribution in [0.25, 0.3) is 17.2 Å². The lowest BCUT2D eigenvalue weighted by Crippen LogP contribution is -2.29. The van der Waals surface area contributed by atoms with Gasteiger partial charge in [0.2, 0.25) is 0 Å². The zero-order chi connectivity index (χ0) is 29.1. The van der Waals surface area contributed by atoms with Crippen molar-refractivity contribution in [2.75, 3.05) is 14.2 Å². The van der Waals surface area contributed by atoms with Crippen LogP contribution in [0.3, 0.4) is 0 Å². The van der Waals surface area contributed by atoms with Gasteiger partial charge in [0.1, 0.15) is 11.5 Å². The van der Waals surface area contributed by atoms with Crippen LogP contribution in [0.15, 0.2) is 61.2 Å². The lowest BCUT2D eigenvalue weighted by molar-refractivity contribution is -0.138. The van der Waals surface area contributed by atoms with Crippen LogP contribution < -0.4 is 9.47 Å². The summed E-state index contributed by atoms with van der Waals surface area (Å²) >= 11 is 0. The van der Waals surface area contributed by atoms with E-state index in [4.69, 9.17) is 9.47 Å². The number of nitrogens with zero attached hydrogens (tertiary/aromatic N) is 1. The maximum atomic E-state index is 13.5. The number of benzene rings is 3. The fourth-order valence-electron chi connectivity index (χ4n) is 3.90. The molecule has 0 saturated heterocycles. The van der Waals surface area contributed by atoms with Crippen LogP contribution in [0.5, 0.6) is 11.5 Å². The first-order valence-corrected chi connectivity index (χ1v) is 11.8. The molecule has 4 nitrogen and oxygen atoms in total. The number of carbonyl (C=O) groups is 1. The lowest BCUT2D eigenvalue weighted by atomic mass is 9.95. The van der Waals surface area contributed by atoms with Crippen molar-refractivity contribution in [3.8, 4) is 22.6 Å². The van der Waals surface area contributed by atoms with E-state index in [0.717, 1.165) is 28.7 Å². The molecule has 0 radical (unpaired) electrons. The van der Waals surface area contributed by atoms with Crippen LogP contribution in [0.4, 0.5) is 31.1 Å². The minimum absolute atomic E-state index is 0.0918. The summed E-state index contributed by atoms with van der Waals surface area (Å²) in [5, 5.41) is 0. The van der Waals surface area contributed by atoms with Crippen LogP contribution in [0, 0.1) is 0 Å². The predicted octanol–water partition coefficient (Wildman–Crippen LogP) is 8.80. The van der Waals surface area contributed by atoms with Gasteiger partial charge in [-0.05, 0) is 71.1 Å². The molecule has 3 aromatic carbocycles. The number of rotatable bonds is 7. The summed E-state index contributed by atoms with van der Waals surface area (Å²) < 4.78 is 91.3. The number of hydrogen-bond acceptors (Lipinski definition) is 3. The Balaban J connectivity index is 2.01. The van der Waals surface area contributed by atoms with Gasteiger partial charge >= 0.3 is 18.4 Å². The Labute approximate surface area is 222 Å². The Morgan fingerprint density at radius 1 is 0.897 bits per heavy atom. The SMILES string of the molecule is C=Cc1cc(CN(C)C(=O)Oc2cc(C(F)(F)F)ccc2-c2cc(C(C)C)ccc2OC)cc(C(F)(F)F)c1. The molecular formula is C29H27F6NO3. The molecule has 0 bridgehead atoms. The first-order chi connectivity index (χ1) is 18.1. The molecule has 39 heavy (non-hydrogen) atoms. The lowest BCUT2D eigenvalue weighted by Gasteiger charge is -2.21. The zero-order valence-electron chi connectivity index (χ0n) is 21.7. The van der Waals surface area contributed by atoms with Crippen LogP contribution in [0.2, 0.25) is 0 Å². The molecule has 0 spiro atoms. The third-order valence-electron chi connectivity index (χ3n) is 6.00. The zero-order valence-corrected chi connectivity index (χ0v) is 21.7. The van der Waals surface area contributed by atoms with Crippen molar-refractivity contribution in [1.29, 1.82) is 0 Å². The fraction of sp³-hybridized carbons (Fsp3) is 0.276. The maximum absolute atomic E-state index is 13.5. The summed E-state index contributed by atoms with van der Waals surface area (Å²) in [6.45, 7) is 7.08. The normalized spacial score (nSPS) is 11.9. The second-order valence-corrected chi connectivity index (χ2v) is 9.21. The molecule has 208 valence electrons. The molecule has 10 heteroatoms. The molecular weight excluding hydrogens is 524 g/mol. The van der Waals surface area contributed by atoms with E-state index in [9.17, 15) is 31.1 Å². The monoisotopic (exact) mass is 551 g/mol. The van der Waals surface area contributed by atoms with E-state index in [0.29, 0.717) is 17.4 Å². The van der Waals surface area contributed by atoms with Crippen molar-refractivity contribution in [1.82, 2.24) is 4.90 Å². The van der Waals surface area contributed by atoms with Crippen LogP contribution in [-0.4, -0.2) is 25.2 Å². The average molecular weight is 552 g/mol. The van der Waals surface area contributed by atoms with E-state index in [1.165, 1.54) is 32.4 Å². The minimum atomic E-state index is -4.71. The van der Waals surface area contributed by atoms with Gasteiger partial charge in [-0.2, -0.15) is 26.3 Å². The standard InChI is InChI=1S/C29H27F6NO3/c1-6-18-11-19(13-22(12-18)29(33,34)35)16-36(4)27(37)39-26-15-21(28(30,31)32)8-9-23(26)24-14-20(17(2)3)7-10-25(24)38-5/h6-15,17H,1,16H2,2-5H3. The molecule has 0 fully saturated rings. The average Bonchev–Trinajstić information content (AvgIpc) is 2.86. The molecule has 0 unspecified atom stereocenters. The second-order valence-electron chi connectivity index (χ2n) is 9.21. The van der Waals surface area contributed by atoms with E-state index in [1.54, 1.807) is 12.1 Å². The Bertz CT molecular complexity index is 1360. The third-order valence-corrected chi connectivity index (χ3v) is 6.00. The summed E-state index contributed by atoms with van der Waals surface area (Å²) in [6.07, 6.45) is -9.16. The summed E-state index contributed by atoms with van der Waals surface area (Å²) in [4.78, 5) is 13.9. The first-order valence-electron chi connectivity index (χ1n) is 11.8. The highest BCUT2D eigenvalue weighted by atomic mass is 19.4. The van der Waals surface area contributed by atoms with Gasteiger partial charge in [0.05, 0.1) is 18.2 Å². The topological polar surface area (TPSA) is 38.8 Å². The number of hydrogen-bond donors (Lipinski definition) is 0. The van der Waals surface area contributed by atoms with Gasteiger partial charge < -0.3 is 14.4 Å². The number of carbonyl (C=O) groups excluding carboxylic acids is 1. The number of halogens is 6. The summed E-state index contributed by atoms with van der Waals surface area (Å²) in [5.74, 6) is 0.0663. The highest BCUT2D eigenvalue weighted by Gasteiger charge is 2.33. The number of ether oxygens (including phenoxy) is 2. The molecule has 0 aromatic heterocycles. The molecule has 0 aliphatic rings. The Hall–Kier alpha value is -3.95. The third kappa shape index (κ3) is 7.13. The maximum Gasteiger partial charge on any atom is 0.416 e. The number of amides is 1. The van der Waals surface area contributed by atoms with Gasteiger partial charge in [-0.1, -0.05) is 32.6 Å². The van der Waals surface area contributed by atoms with Crippen molar-refractivity contribution in [3.05, 3.63) is 89.0 Å². The molecule has 3 rings (SSSR count). The van der Waals surface area contributed by atoms with E-state index in [1.807, 2.05) is 19.9 Å². The molecule has 0 atom stereocenters. The smallest absolute Gasteiger partial charge is 0.416 e. The largest absolute Gasteiger partial charge is 0.496 e. The first kappa shape index (κ1) is 29.6. The molecule has 0 aliphatic carbocycles. The van der Waals surface area contributed by atoms with Crippen LogP contribution in [-0.2, 0) is 18.9 Å². The Kier molecular flexibility index (Phi) is 8.67. The highest BCUT2D eigenvalue weighted by Crippen LogP contribution is 2.42. The molecule has 1 amide bonds. The predicted molar refractivity (Wildman–Crippen MR) is 137 cm³/mol. The highest BCUT2D eigenvalue weighted by molar-refractivity contribution is 5.81. The number of methoxy groups -OCH3 is 1. The summed E-state index contributed by atoms with van der Waals surface area (Å²) in [6, 6.07) is 11.2. The summed E-state index contributed by atoms with van der Waals surface area (Å²) in [7, 11) is 2.67. The van der Waals surface area contributed by atoms with Crippen LogP contribution in [0.1, 0.15) is 47.6 Å². The Morgan fingerprint density at radius 2 is 1.56 bits per heavy atom. The van der Waals surface area contributed by atoms with Gasteiger partial charge in [-0.25, -0.2) is 4.79 Å². The molecule has 3 aromatic rings. The number of alkyl halides is 6. The molecule has 0 aliphatic heterocycles. The van der Waals surface area contributed by atoms with E-state index < -0.39 is 29.6 Å². The van der Waals surface area contributed by atoms with E-state index in [2.05, 4.69) is 6.58 Å². The van der Waals surface area contributed by atoms with Crippen molar-refractivity contribution < 1.29 is 40.6 Å². The van der Waals surface area contributed by atoms with Gasteiger partial charge in [-0.3, -0.25) is 0 Å². The van der Waals surface area contributed by atoms with Gasteiger partial charge in [0.15, 0.2) is 0 Å². The van der Waals surface area contributed by atoms with Crippen molar-refractivity contribution in [3.63, 3.8) is 0 Å². The summed E-state index contributed by atoms with van der Waals surface area (Å²) in [5.41, 5.74) is -0.164. The Morgan fingerprint density at radius 3 is 2.13 bits per heavy atom. The minimum Gasteiger partial charge on any atom is -0.496 e. The van der Waals surface area contributed by atoms with Gasteiger partial charge in [0, 0.05) is 24.7 Å². The van der Waals surface area contributed by atoms with Gasteiger partial charge in [0.25, 0.3) is 0 Å². The van der Waals surface area contributed by atoms with Crippen molar-refractivity contribution >= 4 is 12.2 Å². The quantitative estimate of drug-likeness (QED) is 0.276. The van der Waals surface area contributed by atoms with E-state index >= 15 is 0 Å². The molecule has 0 saturated carbocycles. The molecule has 0 heterocycles.